The number of carbonyl (C=O) groups excluding carboxylic acids is 1. The van der Waals surface area contributed by atoms with E-state index in [4.69, 9.17) is 4.74 Å². The molecule has 1 aliphatic heterocycles. The van der Waals surface area contributed by atoms with Crippen LogP contribution in [0.3, 0.4) is 0 Å². The largest absolute Gasteiger partial charge is 0.375 e. The van der Waals surface area contributed by atoms with Crippen molar-refractivity contribution in [2.75, 3.05) is 6.61 Å². The predicted molar refractivity (Wildman–Crippen MR) is 81.7 cm³/mol. The standard InChI is InChI=1S/C15H21BrN2O2/c1-3-15(4-2)10-11(7-9-20-15)18-14(19)12-6-5-8-17-13(12)16/h5-6,8,11H,3-4,7,9-10H2,1-2H3,(H,18,19). The van der Waals surface area contributed by atoms with Crippen molar-refractivity contribution >= 4 is 21.8 Å². The first-order chi connectivity index (χ1) is 9.60. The lowest BCUT2D eigenvalue weighted by molar-refractivity contribution is -0.0917. The average molecular weight is 341 g/mol. The minimum absolute atomic E-state index is 0.0713. The summed E-state index contributed by atoms with van der Waals surface area (Å²) in [5, 5.41) is 3.11. The molecule has 1 N–H and O–H groups in total. The van der Waals surface area contributed by atoms with Crippen LogP contribution >= 0.6 is 15.9 Å². The van der Waals surface area contributed by atoms with Crippen molar-refractivity contribution in [3.63, 3.8) is 0 Å². The Balaban J connectivity index is 2.03. The van der Waals surface area contributed by atoms with Gasteiger partial charge in [-0.2, -0.15) is 0 Å². The fourth-order valence-corrected chi connectivity index (χ4v) is 3.14. The zero-order chi connectivity index (χ0) is 14.6. The molecule has 1 aliphatic rings. The monoisotopic (exact) mass is 340 g/mol. The van der Waals surface area contributed by atoms with E-state index in [1.807, 2.05) is 0 Å². The average Bonchev–Trinajstić information content (AvgIpc) is 2.47. The van der Waals surface area contributed by atoms with E-state index in [9.17, 15) is 4.79 Å². The van der Waals surface area contributed by atoms with Gasteiger partial charge in [0.25, 0.3) is 5.91 Å². The molecule has 0 spiro atoms. The molecular weight excluding hydrogens is 320 g/mol. The fourth-order valence-electron chi connectivity index (χ4n) is 2.71. The second-order valence-corrected chi connectivity index (χ2v) is 5.99. The maximum Gasteiger partial charge on any atom is 0.254 e. The molecule has 1 saturated heterocycles. The molecule has 2 rings (SSSR count). The Morgan fingerprint density at radius 2 is 2.30 bits per heavy atom. The molecule has 5 heteroatoms. The number of pyridine rings is 1. The van der Waals surface area contributed by atoms with Crippen LogP contribution in [0.2, 0.25) is 0 Å². The molecule has 4 nitrogen and oxygen atoms in total. The Hall–Kier alpha value is -0.940. The van der Waals surface area contributed by atoms with Crippen LogP contribution in [0.5, 0.6) is 0 Å². The first kappa shape index (κ1) is 15.4. The Bertz CT molecular complexity index is 475. The minimum atomic E-state index is -0.0810. The number of hydrogen-bond donors (Lipinski definition) is 1. The Labute approximate surface area is 128 Å². The summed E-state index contributed by atoms with van der Waals surface area (Å²) < 4.78 is 6.52. The molecule has 0 saturated carbocycles. The molecule has 2 heterocycles. The van der Waals surface area contributed by atoms with Crippen molar-refractivity contribution in [1.29, 1.82) is 0 Å². The van der Waals surface area contributed by atoms with Crippen LogP contribution in [-0.4, -0.2) is 29.1 Å². The smallest absolute Gasteiger partial charge is 0.254 e. The predicted octanol–water partition coefficient (Wildman–Crippen LogP) is 3.31. The Morgan fingerprint density at radius 1 is 1.55 bits per heavy atom. The van der Waals surface area contributed by atoms with E-state index in [2.05, 4.69) is 40.1 Å². The maximum atomic E-state index is 12.3. The number of rotatable bonds is 4. The van der Waals surface area contributed by atoms with Gasteiger partial charge in [0.1, 0.15) is 4.60 Å². The van der Waals surface area contributed by atoms with Gasteiger partial charge in [-0.1, -0.05) is 13.8 Å². The van der Waals surface area contributed by atoms with Gasteiger partial charge in [-0.25, -0.2) is 4.98 Å². The molecule has 1 amide bonds. The molecule has 0 aliphatic carbocycles. The number of hydrogen-bond acceptors (Lipinski definition) is 3. The summed E-state index contributed by atoms with van der Waals surface area (Å²) in [5.41, 5.74) is 0.500. The highest BCUT2D eigenvalue weighted by Gasteiger charge is 2.35. The second kappa shape index (κ2) is 6.68. The lowest BCUT2D eigenvalue weighted by Gasteiger charge is -2.40. The van der Waals surface area contributed by atoms with E-state index >= 15 is 0 Å². The summed E-state index contributed by atoms with van der Waals surface area (Å²) in [6, 6.07) is 3.72. The first-order valence-corrected chi connectivity index (χ1v) is 7.95. The fraction of sp³-hybridized carbons (Fsp3) is 0.600. The van der Waals surface area contributed by atoms with Crippen LogP contribution in [0.15, 0.2) is 22.9 Å². The highest BCUT2D eigenvalue weighted by Crippen LogP contribution is 2.31. The third-order valence-corrected chi connectivity index (χ3v) is 4.75. The van der Waals surface area contributed by atoms with Crippen LogP contribution in [0.4, 0.5) is 0 Å². The topological polar surface area (TPSA) is 51.2 Å². The van der Waals surface area contributed by atoms with Gasteiger partial charge in [-0.3, -0.25) is 4.79 Å². The highest BCUT2D eigenvalue weighted by molar-refractivity contribution is 9.10. The zero-order valence-corrected chi connectivity index (χ0v) is 13.6. The Kier molecular flexibility index (Phi) is 5.16. The van der Waals surface area contributed by atoms with Crippen molar-refractivity contribution in [3.8, 4) is 0 Å². The number of halogens is 1. The van der Waals surface area contributed by atoms with Crippen LogP contribution in [0.25, 0.3) is 0 Å². The molecule has 0 radical (unpaired) electrons. The summed E-state index contributed by atoms with van der Waals surface area (Å²) in [6.45, 7) is 5.00. The van der Waals surface area contributed by atoms with Crippen molar-refractivity contribution in [2.24, 2.45) is 0 Å². The van der Waals surface area contributed by atoms with Gasteiger partial charge < -0.3 is 10.1 Å². The van der Waals surface area contributed by atoms with Gasteiger partial charge >= 0.3 is 0 Å². The van der Waals surface area contributed by atoms with Crippen LogP contribution in [0.1, 0.15) is 49.9 Å². The number of aromatic nitrogens is 1. The summed E-state index contributed by atoms with van der Waals surface area (Å²) in [4.78, 5) is 16.4. The zero-order valence-electron chi connectivity index (χ0n) is 12.0. The summed E-state index contributed by atoms with van der Waals surface area (Å²) in [7, 11) is 0. The van der Waals surface area contributed by atoms with Crippen molar-refractivity contribution in [3.05, 3.63) is 28.5 Å². The number of ether oxygens (including phenoxy) is 1. The molecule has 20 heavy (non-hydrogen) atoms. The van der Waals surface area contributed by atoms with E-state index in [-0.39, 0.29) is 17.6 Å². The normalized spacial score (nSPS) is 21.4. The third-order valence-electron chi connectivity index (χ3n) is 4.12. The highest BCUT2D eigenvalue weighted by atomic mass is 79.9. The van der Waals surface area contributed by atoms with Crippen molar-refractivity contribution < 1.29 is 9.53 Å². The van der Waals surface area contributed by atoms with Gasteiger partial charge in [0.05, 0.1) is 11.2 Å². The molecule has 0 aromatic carbocycles. The molecule has 0 bridgehead atoms. The summed E-state index contributed by atoms with van der Waals surface area (Å²) in [6.07, 6.45) is 5.36. The number of carbonyl (C=O) groups is 1. The van der Waals surface area contributed by atoms with Crippen LogP contribution in [-0.2, 0) is 4.74 Å². The van der Waals surface area contributed by atoms with Gasteiger partial charge in [0.15, 0.2) is 0 Å². The SMILES string of the molecule is CCC1(CC)CC(NC(=O)c2cccnc2Br)CCO1. The molecular formula is C15H21BrN2O2. The second-order valence-electron chi connectivity index (χ2n) is 5.24. The molecule has 1 atom stereocenters. The van der Waals surface area contributed by atoms with E-state index in [1.54, 1.807) is 18.3 Å². The molecule has 110 valence electrons. The van der Waals surface area contributed by atoms with E-state index < -0.39 is 0 Å². The molecule has 1 unspecified atom stereocenters. The van der Waals surface area contributed by atoms with E-state index in [1.165, 1.54) is 0 Å². The molecule has 1 fully saturated rings. The molecule has 1 aromatic rings. The van der Waals surface area contributed by atoms with Crippen molar-refractivity contribution in [1.82, 2.24) is 10.3 Å². The summed E-state index contributed by atoms with van der Waals surface area (Å²) >= 11 is 3.31. The maximum absolute atomic E-state index is 12.3. The number of nitrogens with zero attached hydrogens (tertiary/aromatic N) is 1. The van der Waals surface area contributed by atoms with E-state index in [0.717, 1.165) is 25.7 Å². The lowest BCUT2D eigenvalue weighted by atomic mass is 9.86. The van der Waals surface area contributed by atoms with E-state index in [0.29, 0.717) is 16.8 Å². The lowest BCUT2D eigenvalue weighted by Crippen LogP contribution is -2.48. The third kappa shape index (κ3) is 3.38. The number of nitrogens with one attached hydrogen (secondary N) is 1. The quantitative estimate of drug-likeness (QED) is 0.855. The molecule has 1 aromatic heterocycles. The minimum Gasteiger partial charge on any atom is -0.375 e. The Morgan fingerprint density at radius 3 is 2.95 bits per heavy atom. The van der Waals surface area contributed by atoms with Gasteiger partial charge in [-0.15, -0.1) is 0 Å². The number of amides is 1. The van der Waals surface area contributed by atoms with Crippen LogP contribution in [0, 0.1) is 0 Å². The van der Waals surface area contributed by atoms with Crippen molar-refractivity contribution in [2.45, 2.75) is 51.2 Å². The van der Waals surface area contributed by atoms with Crippen LogP contribution < -0.4 is 5.32 Å². The summed E-state index contributed by atoms with van der Waals surface area (Å²) in [5.74, 6) is -0.0713. The van der Waals surface area contributed by atoms with Gasteiger partial charge in [0, 0.05) is 18.8 Å². The van der Waals surface area contributed by atoms with Gasteiger partial charge in [0.2, 0.25) is 0 Å². The van der Waals surface area contributed by atoms with Gasteiger partial charge in [-0.05, 0) is 53.7 Å². The first-order valence-electron chi connectivity index (χ1n) is 7.15.